The maximum atomic E-state index is 6.65. The summed E-state index contributed by atoms with van der Waals surface area (Å²) in [6.45, 7) is 6.67. The summed E-state index contributed by atoms with van der Waals surface area (Å²) in [5, 5.41) is 6.86. The first-order valence-corrected chi connectivity index (χ1v) is 10.6. The fourth-order valence-corrected chi connectivity index (χ4v) is 4.05. The minimum absolute atomic E-state index is 0.919. The van der Waals surface area contributed by atoms with Crippen LogP contribution in [0.1, 0.15) is 30.4 Å². The van der Waals surface area contributed by atoms with Crippen LogP contribution in [-0.2, 0) is 5.79 Å². The molecule has 1 atom stereocenters. The lowest BCUT2D eigenvalue weighted by molar-refractivity contribution is 0.329. The molecule has 0 amide bonds. The number of nitrogens with zero attached hydrogens (tertiary/aromatic N) is 2. The molecule has 5 heteroatoms. The van der Waals surface area contributed by atoms with Crippen LogP contribution in [0.4, 0.5) is 0 Å². The van der Waals surface area contributed by atoms with Crippen molar-refractivity contribution in [3.63, 3.8) is 0 Å². The SMILES string of the molecule is Cc1cccc(-c2cccc(C3(N)N=CC=C(NCCCN4CCCC4)N3)c2)c1. The molecule has 2 aromatic rings. The average molecular weight is 390 g/mol. The molecule has 2 heterocycles. The first-order valence-electron chi connectivity index (χ1n) is 10.6. The van der Waals surface area contributed by atoms with E-state index in [0.717, 1.165) is 36.5 Å². The number of hydrogen-bond donors (Lipinski definition) is 3. The molecule has 1 fully saturated rings. The number of likely N-dealkylation sites (tertiary alicyclic amines) is 1. The zero-order valence-electron chi connectivity index (χ0n) is 17.2. The first-order chi connectivity index (χ1) is 14.1. The average Bonchev–Trinajstić information content (AvgIpc) is 3.25. The standard InChI is InChI=1S/C24H31N5/c1-19-7-4-8-20(17-19)21-9-5-10-22(18-21)24(25)27-13-11-23(28-24)26-12-6-16-29-14-2-3-15-29/h4-5,7-11,13,17-18,26,28H,2-3,6,12,14-16,25H2,1H3. The van der Waals surface area contributed by atoms with E-state index in [9.17, 15) is 0 Å². The molecule has 4 N–H and O–H groups in total. The summed E-state index contributed by atoms with van der Waals surface area (Å²) in [7, 11) is 0. The van der Waals surface area contributed by atoms with Gasteiger partial charge in [0.25, 0.3) is 0 Å². The Kier molecular flexibility index (Phi) is 5.97. The molecule has 2 aromatic carbocycles. The van der Waals surface area contributed by atoms with Gasteiger partial charge in [0.1, 0.15) is 5.82 Å². The van der Waals surface area contributed by atoms with E-state index in [-0.39, 0.29) is 0 Å². The van der Waals surface area contributed by atoms with E-state index in [0.29, 0.717) is 0 Å². The van der Waals surface area contributed by atoms with Gasteiger partial charge in [-0.15, -0.1) is 0 Å². The Morgan fingerprint density at radius 2 is 1.86 bits per heavy atom. The van der Waals surface area contributed by atoms with Crippen molar-refractivity contribution in [3.05, 3.63) is 71.6 Å². The van der Waals surface area contributed by atoms with Gasteiger partial charge < -0.3 is 15.5 Å². The summed E-state index contributed by atoms with van der Waals surface area (Å²) >= 11 is 0. The van der Waals surface area contributed by atoms with Crippen molar-refractivity contribution < 1.29 is 0 Å². The van der Waals surface area contributed by atoms with Gasteiger partial charge >= 0.3 is 0 Å². The molecule has 2 aliphatic rings. The van der Waals surface area contributed by atoms with Gasteiger partial charge in [-0.25, -0.2) is 4.99 Å². The van der Waals surface area contributed by atoms with Gasteiger partial charge in [0.15, 0.2) is 0 Å². The molecule has 152 valence electrons. The molecule has 0 spiro atoms. The maximum Gasteiger partial charge on any atom is 0.210 e. The Balaban J connectivity index is 1.40. The van der Waals surface area contributed by atoms with Crippen LogP contribution in [0.3, 0.4) is 0 Å². The summed E-state index contributed by atoms with van der Waals surface area (Å²) in [6, 6.07) is 16.8. The summed E-state index contributed by atoms with van der Waals surface area (Å²) < 4.78 is 0. The lowest BCUT2D eigenvalue weighted by atomic mass is 9.98. The fraction of sp³-hybridized carbons (Fsp3) is 0.375. The molecule has 0 aromatic heterocycles. The molecule has 1 unspecified atom stereocenters. The lowest BCUT2D eigenvalue weighted by Gasteiger charge is -2.32. The third-order valence-electron chi connectivity index (χ3n) is 5.66. The molecule has 0 bridgehead atoms. The maximum absolute atomic E-state index is 6.65. The highest BCUT2D eigenvalue weighted by Gasteiger charge is 2.28. The number of benzene rings is 2. The van der Waals surface area contributed by atoms with Crippen molar-refractivity contribution in [3.8, 4) is 11.1 Å². The molecule has 5 nitrogen and oxygen atoms in total. The zero-order chi connectivity index (χ0) is 20.1. The highest BCUT2D eigenvalue weighted by molar-refractivity contribution is 5.74. The number of allylic oxidation sites excluding steroid dienone is 1. The lowest BCUT2D eigenvalue weighted by Crippen LogP contribution is -2.52. The zero-order valence-corrected chi connectivity index (χ0v) is 17.2. The monoisotopic (exact) mass is 389 g/mol. The van der Waals surface area contributed by atoms with E-state index in [1.165, 1.54) is 37.1 Å². The van der Waals surface area contributed by atoms with Crippen molar-refractivity contribution in [2.45, 2.75) is 32.0 Å². The Labute approximate surface area is 173 Å². The fourth-order valence-electron chi connectivity index (χ4n) is 4.05. The van der Waals surface area contributed by atoms with Crippen LogP contribution in [-0.4, -0.2) is 37.3 Å². The topological polar surface area (TPSA) is 65.7 Å². The Hall–Kier alpha value is -2.63. The molecule has 2 aliphatic heterocycles. The van der Waals surface area contributed by atoms with Crippen LogP contribution < -0.4 is 16.4 Å². The predicted molar refractivity (Wildman–Crippen MR) is 120 cm³/mol. The molecule has 0 saturated carbocycles. The summed E-state index contributed by atoms with van der Waals surface area (Å²) in [4.78, 5) is 7.08. The van der Waals surface area contributed by atoms with Gasteiger partial charge in [-0.05, 0) is 69.1 Å². The Bertz CT molecular complexity index is 898. The van der Waals surface area contributed by atoms with Crippen molar-refractivity contribution >= 4 is 6.21 Å². The molecular formula is C24H31N5. The summed E-state index contributed by atoms with van der Waals surface area (Å²) in [5.41, 5.74) is 11.2. The summed E-state index contributed by atoms with van der Waals surface area (Å²) in [6.07, 6.45) is 7.54. The first kappa shape index (κ1) is 19.7. The molecule has 0 radical (unpaired) electrons. The van der Waals surface area contributed by atoms with E-state index >= 15 is 0 Å². The van der Waals surface area contributed by atoms with Gasteiger partial charge in [0.05, 0.1) is 0 Å². The number of aryl methyl sites for hydroxylation is 1. The molecular weight excluding hydrogens is 358 g/mol. The van der Waals surface area contributed by atoms with Gasteiger partial charge in [0.2, 0.25) is 5.79 Å². The molecule has 29 heavy (non-hydrogen) atoms. The van der Waals surface area contributed by atoms with Crippen LogP contribution in [0, 0.1) is 6.92 Å². The van der Waals surface area contributed by atoms with Crippen molar-refractivity contribution in [2.24, 2.45) is 10.7 Å². The minimum atomic E-state index is -0.966. The van der Waals surface area contributed by atoms with E-state index in [1.54, 1.807) is 6.21 Å². The number of rotatable bonds is 7. The normalized spacial score (nSPS) is 21.7. The summed E-state index contributed by atoms with van der Waals surface area (Å²) in [5.74, 6) is -0.0452. The van der Waals surface area contributed by atoms with Gasteiger partial charge in [0, 0.05) is 18.3 Å². The van der Waals surface area contributed by atoms with Crippen molar-refractivity contribution in [1.29, 1.82) is 0 Å². The highest BCUT2D eigenvalue weighted by atomic mass is 15.3. The third-order valence-corrected chi connectivity index (χ3v) is 5.66. The largest absolute Gasteiger partial charge is 0.372 e. The Morgan fingerprint density at radius 1 is 1.10 bits per heavy atom. The van der Waals surface area contributed by atoms with Gasteiger partial charge in [-0.2, -0.15) is 0 Å². The van der Waals surface area contributed by atoms with E-state index in [4.69, 9.17) is 5.73 Å². The second-order valence-corrected chi connectivity index (χ2v) is 8.03. The van der Waals surface area contributed by atoms with E-state index < -0.39 is 5.79 Å². The number of hydrogen-bond acceptors (Lipinski definition) is 5. The third kappa shape index (κ3) is 4.86. The molecule has 1 saturated heterocycles. The molecule has 4 rings (SSSR count). The quantitative estimate of drug-likeness (QED) is 0.636. The van der Waals surface area contributed by atoms with Crippen LogP contribution in [0.5, 0.6) is 0 Å². The smallest absolute Gasteiger partial charge is 0.210 e. The Morgan fingerprint density at radius 3 is 2.66 bits per heavy atom. The van der Waals surface area contributed by atoms with Crippen LogP contribution in [0.15, 0.2) is 65.4 Å². The second-order valence-electron chi connectivity index (χ2n) is 8.03. The van der Waals surface area contributed by atoms with E-state index in [1.807, 2.05) is 18.2 Å². The predicted octanol–water partition coefficient (Wildman–Crippen LogP) is 3.32. The van der Waals surface area contributed by atoms with Crippen LogP contribution in [0.2, 0.25) is 0 Å². The number of nitrogens with two attached hydrogens (primary N) is 1. The van der Waals surface area contributed by atoms with Gasteiger partial charge in [-0.1, -0.05) is 48.0 Å². The highest BCUT2D eigenvalue weighted by Crippen LogP contribution is 2.26. The van der Waals surface area contributed by atoms with Crippen LogP contribution in [0.25, 0.3) is 11.1 Å². The van der Waals surface area contributed by atoms with E-state index in [2.05, 4.69) is 63.8 Å². The number of aliphatic imine (C=N–C) groups is 1. The minimum Gasteiger partial charge on any atom is -0.372 e. The number of nitrogens with one attached hydrogen (secondary N) is 2. The van der Waals surface area contributed by atoms with Gasteiger partial charge in [-0.3, -0.25) is 5.73 Å². The van der Waals surface area contributed by atoms with Crippen molar-refractivity contribution in [1.82, 2.24) is 15.5 Å². The van der Waals surface area contributed by atoms with Crippen LogP contribution >= 0.6 is 0 Å². The second kappa shape index (κ2) is 8.80. The molecule has 0 aliphatic carbocycles. The van der Waals surface area contributed by atoms with Crippen molar-refractivity contribution in [2.75, 3.05) is 26.2 Å².